The van der Waals surface area contributed by atoms with Gasteiger partial charge in [-0.1, -0.05) is 32.4 Å². The predicted octanol–water partition coefficient (Wildman–Crippen LogP) is 4.17. The summed E-state index contributed by atoms with van der Waals surface area (Å²) in [7, 11) is 0. The number of nitrogens with zero attached hydrogens (tertiary/aromatic N) is 4. The van der Waals surface area contributed by atoms with Crippen molar-refractivity contribution in [1.82, 2.24) is 19.6 Å². The topological polar surface area (TPSA) is 72.2 Å². The molecular weight excluding hydrogens is 326 g/mol. The van der Waals surface area contributed by atoms with Crippen LogP contribution < -0.4 is 5.32 Å². The number of para-hydroxylation sites is 2. The van der Waals surface area contributed by atoms with Gasteiger partial charge in [-0.2, -0.15) is 0 Å². The molecular formula is C20H27N5O. The van der Waals surface area contributed by atoms with Crippen molar-refractivity contribution >= 4 is 28.3 Å². The fourth-order valence-corrected chi connectivity index (χ4v) is 3.23. The third-order valence-electron chi connectivity index (χ3n) is 4.45. The van der Waals surface area contributed by atoms with Crippen LogP contribution in [0.25, 0.3) is 16.7 Å². The van der Waals surface area contributed by atoms with E-state index in [-0.39, 0.29) is 0 Å². The molecule has 0 aliphatic carbocycles. The molecule has 2 heterocycles. The number of benzene rings is 1. The van der Waals surface area contributed by atoms with E-state index in [0.717, 1.165) is 54.1 Å². The Morgan fingerprint density at radius 3 is 2.77 bits per heavy atom. The van der Waals surface area contributed by atoms with Gasteiger partial charge in [0.25, 0.3) is 0 Å². The molecule has 3 rings (SSSR count). The second kappa shape index (κ2) is 8.25. The second-order valence-electron chi connectivity index (χ2n) is 7.23. The number of aromatic nitrogens is 4. The summed E-state index contributed by atoms with van der Waals surface area (Å²) in [5.74, 6) is 2.45. The molecule has 1 N–H and O–H groups in total. The largest absolute Gasteiger partial charge is 0.367 e. The van der Waals surface area contributed by atoms with Crippen LogP contribution in [-0.2, 0) is 4.79 Å². The molecule has 0 unspecified atom stereocenters. The SMILES string of the molecule is Cc1nnc2c(NCCCCCC(=O)CC(C)C)nc3ccccc3n12. The number of anilines is 1. The van der Waals surface area contributed by atoms with E-state index in [0.29, 0.717) is 24.5 Å². The molecule has 1 aromatic carbocycles. The van der Waals surface area contributed by atoms with E-state index in [2.05, 4.69) is 29.4 Å². The van der Waals surface area contributed by atoms with Crippen LogP contribution in [0.5, 0.6) is 0 Å². The Labute approximate surface area is 154 Å². The van der Waals surface area contributed by atoms with Crippen molar-refractivity contribution in [3.05, 3.63) is 30.1 Å². The fraction of sp³-hybridized carbons (Fsp3) is 0.500. The van der Waals surface area contributed by atoms with Gasteiger partial charge in [0.2, 0.25) is 5.65 Å². The molecule has 0 atom stereocenters. The van der Waals surface area contributed by atoms with Gasteiger partial charge in [-0.3, -0.25) is 9.20 Å². The Hall–Kier alpha value is -2.50. The molecule has 3 aromatic rings. The number of carbonyl (C=O) groups is 1. The first-order valence-electron chi connectivity index (χ1n) is 9.42. The van der Waals surface area contributed by atoms with Crippen molar-refractivity contribution in [3.63, 3.8) is 0 Å². The number of rotatable bonds is 9. The lowest BCUT2D eigenvalue weighted by Crippen LogP contribution is -2.07. The summed E-state index contributed by atoms with van der Waals surface area (Å²) >= 11 is 0. The van der Waals surface area contributed by atoms with Crippen LogP contribution in [0.4, 0.5) is 5.82 Å². The summed E-state index contributed by atoms with van der Waals surface area (Å²) in [6, 6.07) is 8.01. The Kier molecular flexibility index (Phi) is 5.81. The number of carbonyl (C=O) groups excluding carboxylic acids is 1. The monoisotopic (exact) mass is 353 g/mol. The standard InChI is InChI=1S/C20H27N5O/c1-14(2)13-16(26)9-5-4-8-12-21-19-20-24-23-15(3)25(20)18-11-7-6-10-17(18)22-19/h6-7,10-11,14H,4-5,8-9,12-13H2,1-3H3,(H,21,22). The summed E-state index contributed by atoms with van der Waals surface area (Å²) < 4.78 is 2.04. The molecule has 2 aromatic heterocycles. The first-order chi connectivity index (χ1) is 12.6. The molecule has 0 aliphatic rings. The van der Waals surface area contributed by atoms with Gasteiger partial charge in [-0.05, 0) is 37.8 Å². The first-order valence-corrected chi connectivity index (χ1v) is 9.42. The minimum absolute atomic E-state index is 0.379. The maximum absolute atomic E-state index is 11.7. The lowest BCUT2D eigenvalue weighted by atomic mass is 10.0. The van der Waals surface area contributed by atoms with E-state index in [9.17, 15) is 4.79 Å². The Morgan fingerprint density at radius 1 is 1.15 bits per heavy atom. The average Bonchev–Trinajstić information content (AvgIpc) is 2.99. The molecule has 6 heteroatoms. The molecule has 0 saturated carbocycles. The highest BCUT2D eigenvalue weighted by Crippen LogP contribution is 2.21. The van der Waals surface area contributed by atoms with Crippen molar-refractivity contribution in [2.24, 2.45) is 5.92 Å². The lowest BCUT2D eigenvalue weighted by molar-refractivity contribution is -0.119. The van der Waals surface area contributed by atoms with Gasteiger partial charge in [0, 0.05) is 19.4 Å². The van der Waals surface area contributed by atoms with Gasteiger partial charge in [0.05, 0.1) is 11.0 Å². The van der Waals surface area contributed by atoms with Gasteiger partial charge < -0.3 is 5.32 Å². The van der Waals surface area contributed by atoms with Crippen molar-refractivity contribution in [2.75, 3.05) is 11.9 Å². The number of hydrogen-bond donors (Lipinski definition) is 1. The average molecular weight is 353 g/mol. The molecule has 0 fully saturated rings. The van der Waals surface area contributed by atoms with Crippen LogP contribution >= 0.6 is 0 Å². The van der Waals surface area contributed by atoms with Gasteiger partial charge >= 0.3 is 0 Å². The van der Waals surface area contributed by atoms with Crippen LogP contribution in [0, 0.1) is 12.8 Å². The molecule has 138 valence electrons. The van der Waals surface area contributed by atoms with Gasteiger partial charge in [0.15, 0.2) is 5.82 Å². The van der Waals surface area contributed by atoms with Crippen LogP contribution in [0.3, 0.4) is 0 Å². The minimum atomic E-state index is 0.379. The molecule has 0 radical (unpaired) electrons. The molecule has 0 amide bonds. The maximum atomic E-state index is 11.7. The third kappa shape index (κ3) is 4.18. The van der Waals surface area contributed by atoms with Crippen molar-refractivity contribution in [3.8, 4) is 0 Å². The summed E-state index contributed by atoms with van der Waals surface area (Å²) in [6.45, 7) is 6.94. The number of aryl methyl sites for hydroxylation is 1. The highest BCUT2D eigenvalue weighted by molar-refractivity contribution is 5.82. The Bertz CT molecular complexity index is 900. The summed E-state index contributed by atoms with van der Waals surface area (Å²) in [5.41, 5.74) is 2.69. The molecule has 6 nitrogen and oxygen atoms in total. The van der Waals surface area contributed by atoms with E-state index >= 15 is 0 Å². The maximum Gasteiger partial charge on any atom is 0.204 e. The Morgan fingerprint density at radius 2 is 1.96 bits per heavy atom. The highest BCUT2D eigenvalue weighted by atomic mass is 16.1. The summed E-state index contributed by atoms with van der Waals surface area (Å²) in [6.07, 6.45) is 4.39. The van der Waals surface area contributed by atoms with Crippen LogP contribution in [0.1, 0.15) is 51.8 Å². The number of ketones is 1. The number of hydrogen-bond acceptors (Lipinski definition) is 5. The van der Waals surface area contributed by atoms with Crippen molar-refractivity contribution in [1.29, 1.82) is 0 Å². The fourth-order valence-electron chi connectivity index (χ4n) is 3.23. The van der Waals surface area contributed by atoms with Gasteiger partial charge in [-0.25, -0.2) is 4.98 Å². The van der Waals surface area contributed by atoms with Gasteiger partial charge in [-0.15, -0.1) is 10.2 Å². The van der Waals surface area contributed by atoms with E-state index in [1.54, 1.807) is 0 Å². The van der Waals surface area contributed by atoms with Crippen LogP contribution in [-0.4, -0.2) is 31.9 Å². The number of Topliss-reactive ketones (excluding diaryl/α,β-unsaturated/α-hetero) is 1. The Balaban J connectivity index is 1.58. The first kappa shape index (κ1) is 18.3. The smallest absolute Gasteiger partial charge is 0.204 e. The van der Waals surface area contributed by atoms with Crippen LogP contribution in [0.15, 0.2) is 24.3 Å². The quantitative estimate of drug-likeness (QED) is 0.584. The molecule has 0 bridgehead atoms. The van der Waals surface area contributed by atoms with Crippen LogP contribution in [0.2, 0.25) is 0 Å². The molecule has 0 saturated heterocycles. The van der Waals surface area contributed by atoms with Crippen molar-refractivity contribution < 1.29 is 4.79 Å². The zero-order valence-corrected chi connectivity index (χ0v) is 15.8. The number of fused-ring (bicyclic) bond motifs is 3. The van der Waals surface area contributed by atoms with Crippen molar-refractivity contribution in [2.45, 2.75) is 52.9 Å². The third-order valence-corrected chi connectivity index (χ3v) is 4.45. The number of nitrogens with one attached hydrogen (secondary N) is 1. The zero-order chi connectivity index (χ0) is 18.5. The minimum Gasteiger partial charge on any atom is -0.367 e. The predicted molar refractivity (Wildman–Crippen MR) is 104 cm³/mol. The van der Waals surface area contributed by atoms with E-state index < -0.39 is 0 Å². The molecule has 0 aliphatic heterocycles. The highest BCUT2D eigenvalue weighted by Gasteiger charge is 2.12. The summed E-state index contributed by atoms with van der Waals surface area (Å²) in [5, 5.41) is 11.9. The van der Waals surface area contributed by atoms with E-state index in [1.807, 2.05) is 35.6 Å². The van der Waals surface area contributed by atoms with Gasteiger partial charge in [0.1, 0.15) is 11.6 Å². The summed E-state index contributed by atoms with van der Waals surface area (Å²) in [4.78, 5) is 16.4. The molecule has 0 spiro atoms. The second-order valence-corrected chi connectivity index (χ2v) is 7.23. The van der Waals surface area contributed by atoms with E-state index in [4.69, 9.17) is 4.98 Å². The zero-order valence-electron chi connectivity index (χ0n) is 15.8. The normalized spacial score (nSPS) is 11.5. The number of unbranched alkanes of at least 4 members (excludes halogenated alkanes) is 2. The lowest BCUT2D eigenvalue weighted by Gasteiger charge is -2.09. The molecule has 26 heavy (non-hydrogen) atoms. The van der Waals surface area contributed by atoms with E-state index in [1.165, 1.54) is 0 Å².